The Morgan fingerprint density at radius 2 is 1.80 bits per heavy atom. The molecule has 0 saturated heterocycles. The molecule has 15 heavy (non-hydrogen) atoms. The van der Waals surface area contributed by atoms with E-state index in [4.69, 9.17) is 5.11 Å². The molecule has 0 aromatic heterocycles. The van der Waals surface area contributed by atoms with Crippen LogP contribution >= 0.6 is 17.0 Å². The van der Waals surface area contributed by atoms with E-state index >= 15 is 0 Å². The minimum Gasteiger partial charge on any atom is -0.508 e. The van der Waals surface area contributed by atoms with Crippen molar-refractivity contribution in [2.24, 2.45) is 0 Å². The second-order valence-corrected chi connectivity index (χ2v) is 3.52. The van der Waals surface area contributed by atoms with Gasteiger partial charge in [-0.25, -0.2) is 0 Å². The summed E-state index contributed by atoms with van der Waals surface area (Å²) in [5.41, 5.74) is 0.657. The summed E-state index contributed by atoms with van der Waals surface area (Å²) in [7, 11) is 3.87. The molecule has 1 N–H and O–H groups in total. The van der Waals surface area contributed by atoms with Crippen LogP contribution in [0.25, 0.3) is 0 Å². The Kier molecular flexibility index (Phi) is 6.20. The van der Waals surface area contributed by atoms with Crippen molar-refractivity contribution in [1.82, 2.24) is 4.90 Å². The number of phenols is 1. The molecule has 0 atom stereocenters. The summed E-state index contributed by atoms with van der Waals surface area (Å²) >= 11 is 0. The van der Waals surface area contributed by atoms with E-state index in [1.807, 2.05) is 19.0 Å². The summed E-state index contributed by atoms with van der Waals surface area (Å²) in [5, 5.41) is 9.04. The van der Waals surface area contributed by atoms with E-state index in [2.05, 4.69) is 0 Å². The van der Waals surface area contributed by atoms with Gasteiger partial charge in [0.05, 0.1) is 0 Å². The molecule has 84 valence electrons. The number of nitrogens with zero attached hydrogens (tertiary/aromatic N) is 1. The maximum atomic E-state index is 11.6. The third kappa shape index (κ3) is 4.95. The third-order valence-corrected chi connectivity index (χ3v) is 1.98. The van der Waals surface area contributed by atoms with Gasteiger partial charge in [-0.1, -0.05) is 0 Å². The zero-order chi connectivity index (χ0) is 10.6. The number of benzene rings is 1. The highest BCUT2D eigenvalue weighted by Crippen LogP contribution is 2.11. The fourth-order valence-corrected chi connectivity index (χ4v) is 1.12. The van der Waals surface area contributed by atoms with Crippen molar-refractivity contribution >= 4 is 22.8 Å². The Labute approximate surface area is 100 Å². The summed E-state index contributed by atoms with van der Waals surface area (Å²) in [6.07, 6.45) is 0.512. The monoisotopic (exact) mass is 273 g/mol. The molecule has 0 amide bonds. The largest absolute Gasteiger partial charge is 0.508 e. The lowest BCUT2D eigenvalue weighted by molar-refractivity contribution is 0.0972. The van der Waals surface area contributed by atoms with Crippen molar-refractivity contribution in [3.63, 3.8) is 0 Å². The highest BCUT2D eigenvalue weighted by molar-refractivity contribution is 8.93. The van der Waals surface area contributed by atoms with Gasteiger partial charge in [-0.3, -0.25) is 4.79 Å². The first-order chi connectivity index (χ1) is 6.59. The molecule has 0 spiro atoms. The first kappa shape index (κ1) is 14.1. The van der Waals surface area contributed by atoms with Crippen LogP contribution in [0.1, 0.15) is 16.8 Å². The van der Waals surface area contributed by atoms with Crippen LogP contribution in [-0.4, -0.2) is 36.4 Å². The summed E-state index contributed by atoms with van der Waals surface area (Å²) in [4.78, 5) is 13.5. The molecule has 0 fully saturated rings. The summed E-state index contributed by atoms with van der Waals surface area (Å²) in [5.74, 6) is 0.299. The number of Topliss-reactive ketones (excluding diaryl/α,β-unsaturated/α-hetero) is 1. The smallest absolute Gasteiger partial charge is 0.164 e. The van der Waals surface area contributed by atoms with E-state index in [0.29, 0.717) is 12.0 Å². The van der Waals surface area contributed by atoms with Gasteiger partial charge in [0.25, 0.3) is 0 Å². The molecule has 3 nitrogen and oxygen atoms in total. The van der Waals surface area contributed by atoms with Crippen molar-refractivity contribution in [2.45, 2.75) is 6.42 Å². The highest BCUT2D eigenvalue weighted by atomic mass is 79.9. The molecule has 1 rings (SSSR count). The van der Waals surface area contributed by atoms with E-state index < -0.39 is 0 Å². The maximum Gasteiger partial charge on any atom is 0.164 e. The van der Waals surface area contributed by atoms with Crippen LogP contribution in [0.5, 0.6) is 5.75 Å². The molecule has 1 aromatic carbocycles. The summed E-state index contributed by atoms with van der Waals surface area (Å²) in [6.45, 7) is 0.750. The zero-order valence-electron chi connectivity index (χ0n) is 8.93. The quantitative estimate of drug-likeness (QED) is 0.855. The van der Waals surface area contributed by atoms with Crippen LogP contribution < -0.4 is 0 Å². The van der Waals surface area contributed by atoms with E-state index in [1.54, 1.807) is 12.1 Å². The van der Waals surface area contributed by atoms with Crippen LogP contribution in [0.2, 0.25) is 0 Å². The van der Waals surface area contributed by atoms with Gasteiger partial charge in [-0.05, 0) is 38.4 Å². The molecule has 4 heteroatoms. The number of phenolic OH excluding ortho intramolecular Hbond substituents is 1. The molecule has 0 unspecified atom stereocenters. The van der Waals surface area contributed by atoms with Crippen LogP contribution in [0.4, 0.5) is 0 Å². The number of halogens is 1. The average molecular weight is 274 g/mol. The molecule has 1 aromatic rings. The predicted molar refractivity (Wildman–Crippen MR) is 65.9 cm³/mol. The van der Waals surface area contributed by atoms with Crippen LogP contribution in [0.3, 0.4) is 0 Å². The highest BCUT2D eigenvalue weighted by Gasteiger charge is 2.05. The van der Waals surface area contributed by atoms with Gasteiger partial charge in [0.1, 0.15) is 5.75 Å². The lowest BCUT2D eigenvalue weighted by Crippen LogP contribution is -2.16. The number of carbonyl (C=O) groups is 1. The maximum absolute atomic E-state index is 11.6. The lowest BCUT2D eigenvalue weighted by atomic mass is 10.1. The Balaban J connectivity index is 0.00000196. The fraction of sp³-hybridized carbons (Fsp3) is 0.364. The van der Waals surface area contributed by atoms with Gasteiger partial charge in [0.15, 0.2) is 5.78 Å². The van der Waals surface area contributed by atoms with Crippen molar-refractivity contribution in [2.75, 3.05) is 20.6 Å². The van der Waals surface area contributed by atoms with E-state index in [0.717, 1.165) is 6.54 Å². The minimum absolute atomic E-state index is 0. The number of rotatable bonds is 4. The van der Waals surface area contributed by atoms with Crippen molar-refractivity contribution < 1.29 is 9.90 Å². The van der Waals surface area contributed by atoms with Crippen LogP contribution in [0.15, 0.2) is 24.3 Å². The average Bonchev–Trinajstić information content (AvgIpc) is 2.15. The van der Waals surface area contributed by atoms with Crippen LogP contribution in [-0.2, 0) is 0 Å². The second-order valence-electron chi connectivity index (χ2n) is 3.52. The van der Waals surface area contributed by atoms with Gasteiger partial charge in [0, 0.05) is 18.5 Å². The molecule has 0 aliphatic heterocycles. The van der Waals surface area contributed by atoms with Gasteiger partial charge < -0.3 is 10.0 Å². The number of hydrogen-bond acceptors (Lipinski definition) is 3. The fourth-order valence-electron chi connectivity index (χ4n) is 1.12. The zero-order valence-corrected chi connectivity index (χ0v) is 10.6. The Morgan fingerprint density at radius 1 is 1.27 bits per heavy atom. The Hall–Kier alpha value is -0.870. The van der Waals surface area contributed by atoms with Crippen molar-refractivity contribution in [1.29, 1.82) is 0 Å². The van der Waals surface area contributed by atoms with Crippen molar-refractivity contribution in [3.8, 4) is 5.75 Å². The standard InChI is InChI=1S/C11H15NO2.BrH/c1-12(2)8-7-11(14)9-3-5-10(13)6-4-9;/h3-6,13H,7-8H2,1-2H3;1H. The molecular formula is C11H16BrNO2. The molecule has 0 aliphatic rings. The van der Waals surface area contributed by atoms with E-state index in [-0.39, 0.29) is 28.5 Å². The van der Waals surface area contributed by atoms with Gasteiger partial charge in [0.2, 0.25) is 0 Å². The topological polar surface area (TPSA) is 40.5 Å². The predicted octanol–water partition coefficient (Wildman–Crippen LogP) is 2.10. The Bertz CT molecular complexity index is 309. The summed E-state index contributed by atoms with van der Waals surface area (Å²) in [6, 6.07) is 6.35. The SMILES string of the molecule is Br.CN(C)CCC(=O)c1ccc(O)cc1. The van der Waals surface area contributed by atoms with E-state index in [1.165, 1.54) is 12.1 Å². The third-order valence-electron chi connectivity index (χ3n) is 1.98. The Morgan fingerprint density at radius 3 is 2.27 bits per heavy atom. The van der Waals surface area contributed by atoms with Crippen molar-refractivity contribution in [3.05, 3.63) is 29.8 Å². The number of ketones is 1. The molecule has 0 radical (unpaired) electrons. The molecule has 0 aliphatic carbocycles. The number of carbonyl (C=O) groups excluding carboxylic acids is 1. The molecule has 0 bridgehead atoms. The molecular weight excluding hydrogens is 258 g/mol. The number of aromatic hydroxyl groups is 1. The molecule has 0 saturated carbocycles. The summed E-state index contributed by atoms with van der Waals surface area (Å²) < 4.78 is 0. The van der Waals surface area contributed by atoms with Gasteiger partial charge in [-0.2, -0.15) is 0 Å². The lowest BCUT2D eigenvalue weighted by Gasteiger charge is -2.08. The van der Waals surface area contributed by atoms with E-state index in [9.17, 15) is 4.79 Å². The number of hydrogen-bond donors (Lipinski definition) is 1. The first-order valence-electron chi connectivity index (χ1n) is 4.56. The second kappa shape index (κ2) is 6.58. The van der Waals surface area contributed by atoms with Gasteiger partial charge in [-0.15, -0.1) is 17.0 Å². The minimum atomic E-state index is 0. The molecule has 0 heterocycles. The van der Waals surface area contributed by atoms with Crippen LogP contribution in [0, 0.1) is 0 Å². The van der Waals surface area contributed by atoms with Gasteiger partial charge >= 0.3 is 0 Å². The first-order valence-corrected chi connectivity index (χ1v) is 4.56. The normalized spacial score (nSPS) is 9.80.